The zero-order chi connectivity index (χ0) is 36.1. The number of aromatic nitrogens is 4. The number of rotatable bonds is 8. The number of hydrogen-bond donors (Lipinski definition) is 0. The van der Waals surface area contributed by atoms with Gasteiger partial charge >= 0.3 is 0 Å². The van der Waals surface area contributed by atoms with Crippen molar-refractivity contribution in [3.63, 3.8) is 0 Å². The monoisotopic (exact) mass is 690 g/mol. The van der Waals surface area contributed by atoms with Crippen molar-refractivity contribution in [1.29, 1.82) is 0 Å². The molecule has 54 heavy (non-hydrogen) atoms. The van der Waals surface area contributed by atoms with E-state index in [0.29, 0.717) is 0 Å². The maximum Gasteiger partial charge on any atom is 0.0899 e. The average Bonchev–Trinajstić information content (AvgIpc) is 3.27. The van der Waals surface area contributed by atoms with Crippen LogP contribution >= 0.6 is 0 Å². The van der Waals surface area contributed by atoms with E-state index in [-0.39, 0.29) is 0 Å². The summed E-state index contributed by atoms with van der Waals surface area (Å²) in [5.41, 5.74) is 16.3. The van der Waals surface area contributed by atoms with E-state index in [1.54, 1.807) is 0 Å². The van der Waals surface area contributed by atoms with Crippen LogP contribution in [0.15, 0.2) is 207 Å². The van der Waals surface area contributed by atoms with Gasteiger partial charge in [0.1, 0.15) is 0 Å². The topological polar surface area (TPSA) is 51.6 Å². The largest absolute Gasteiger partial charge is 0.255 e. The summed E-state index contributed by atoms with van der Waals surface area (Å²) in [4.78, 5) is 19.5. The summed E-state index contributed by atoms with van der Waals surface area (Å²) >= 11 is 0. The fraction of sp³-hybridized carbons (Fsp3) is 0. The third kappa shape index (κ3) is 6.97. The Balaban J connectivity index is 1.08. The number of benzene rings is 5. The molecule has 0 N–H and O–H groups in total. The first-order chi connectivity index (χ1) is 26.7. The SMILES string of the molecule is c1ccc(-c2ccc(-c3cc(-c4ccc(-c5cc(-c6ccc(-c7ccccc7)cc6)nc(-c6ccccn6)c5)cc4)cc(-c4ccccn4)n3)cc2)cc1. The van der Waals surface area contributed by atoms with Gasteiger partial charge in [-0.25, -0.2) is 9.97 Å². The molecule has 0 fully saturated rings. The Labute approximate surface area is 315 Å². The van der Waals surface area contributed by atoms with Crippen molar-refractivity contribution in [2.24, 2.45) is 0 Å². The first kappa shape index (κ1) is 32.6. The molecule has 4 heterocycles. The van der Waals surface area contributed by atoms with E-state index in [9.17, 15) is 0 Å². The van der Waals surface area contributed by atoms with E-state index in [0.717, 1.165) is 67.5 Å². The van der Waals surface area contributed by atoms with Gasteiger partial charge in [-0.2, -0.15) is 0 Å². The van der Waals surface area contributed by atoms with E-state index in [2.05, 4.69) is 156 Å². The summed E-state index contributed by atoms with van der Waals surface area (Å²) in [6.45, 7) is 0. The zero-order valence-electron chi connectivity index (χ0n) is 29.4. The van der Waals surface area contributed by atoms with Gasteiger partial charge in [0, 0.05) is 23.5 Å². The number of nitrogens with zero attached hydrogens (tertiary/aromatic N) is 4. The second kappa shape index (κ2) is 14.7. The Morgan fingerprint density at radius 3 is 0.852 bits per heavy atom. The lowest BCUT2D eigenvalue weighted by molar-refractivity contribution is 1.25. The van der Waals surface area contributed by atoms with Gasteiger partial charge in [0.25, 0.3) is 0 Å². The van der Waals surface area contributed by atoms with Crippen LogP contribution < -0.4 is 0 Å². The van der Waals surface area contributed by atoms with Gasteiger partial charge in [-0.05, 0) is 93.0 Å². The second-order valence-corrected chi connectivity index (χ2v) is 13.1. The van der Waals surface area contributed by atoms with E-state index < -0.39 is 0 Å². The highest BCUT2D eigenvalue weighted by atomic mass is 14.8. The number of hydrogen-bond acceptors (Lipinski definition) is 4. The summed E-state index contributed by atoms with van der Waals surface area (Å²) in [7, 11) is 0. The van der Waals surface area contributed by atoms with Crippen molar-refractivity contribution in [2.75, 3.05) is 0 Å². The molecule has 0 radical (unpaired) electrons. The van der Waals surface area contributed by atoms with Crippen LogP contribution in [0.3, 0.4) is 0 Å². The molecule has 0 aliphatic heterocycles. The molecule has 0 aliphatic rings. The van der Waals surface area contributed by atoms with Gasteiger partial charge in [0.15, 0.2) is 0 Å². The normalized spacial score (nSPS) is 11.0. The van der Waals surface area contributed by atoms with Gasteiger partial charge in [-0.1, -0.05) is 146 Å². The summed E-state index contributed by atoms with van der Waals surface area (Å²) in [5, 5.41) is 0. The van der Waals surface area contributed by atoms with Gasteiger partial charge in [0.05, 0.1) is 34.2 Å². The van der Waals surface area contributed by atoms with Crippen molar-refractivity contribution in [3.8, 4) is 89.8 Å². The lowest BCUT2D eigenvalue weighted by Crippen LogP contribution is -1.94. The highest BCUT2D eigenvalue weighted by Gasteiger charge is 2.13. The van der Waals surface area contributed by atoms with Crippen LogP contribution in [-0.4, -0.2) is 19.9 Å². The third-order valence-electron chi connectivity index (χ3n) is 9.63. The highest BCUT2D eigenvalue weighted by molar-refractivity contribution is 5.81. The molecule has 4 nitrogen and oxygen atoms in total. The van der Waals surface area contributed by atoms with Gasteiger partial charge in [-0.3, -0.25) is 9.97 Å². The molecule has 254 valence electrons. The van der Waals surface area contributed by atoms with E-state index in [4.69, 9.17) is 9.97 Å². The molecule has 0 aliphatic carbocycles. The molecule has 0 saturated heterocycles. The summed E-state index contributed by atoms with van der Waals surface area (Å²) in [5.74, 6) is 0. The lowest BCUT2D eigenvalue weighted by atomic mass is 9.96. The Morgan fingerprint density at radius 1 is 0.204 bits per heavy atom. The Bertz CT molecular complexity index is 2450. The zero-order valence-corrected chi connectivity index (χ0v) is 29.4. The molecule has 9 rings (SSSR count). The van der Waals surface area contributed by atoms with Crippen LogP contribution in [0.1, 0.15) is 0 Å². The molecule has 0 atom stereocenters. The van der Waals surface area contributed by atoms with Crippen LogP contribution in [0.25, 0.3) is 89.8 Å². The Kier molecular flexibility index (Phi) is 8.90. The van der Waals surface area contributed by atoms with Crippen LogP contribution in [0.2, 0.25) is 0 Å². The summed E-state index contributed by atoms with van der Waals surface area (Å²) in [6, 6.07) is 67.3. The van der Waals surface area contributed by atoms with Crippen molar-refractivity contribution >= 4 is 0 Å². The van der Waals surface area contributed by atoms with Crippen LogP contribution in [-0.2, 0) is 0 Å². The molecular weight excluding hydrogens is 657 g/mol. The molecule has 9 aromatic rings. The second-order valence-electron chi connectivity index (χ2n) is 13.1. The van der Waals surface area contributed by atoms with Gasteiger partial charge < -0.3 is 0 Å². The lowest BCUT2D eigenvalue weighted by Gasteiger charge is -2.12. The quantitative estimate of drug-likeness (QED) is 0.159. The molecule has 0 spiro atoms. The van der Waals surface area contributed by atoms with Crippen molar-refractivity contribution in [2.45, 2.75) is 0 Å². The van der Waals surface area contributed by atoms with Crippen LogP contribution in [0, 0.1) is 0 Å². The van der Waals surface area contributed by atoms with Crippen molar-refractivity contribution < 1.29 is 0 Å². The first-order valence-electron chi connectivity index (χ1n) is 18.0. The maximum absolute atomic E-state index is 5.09. The smallest absolute Gasteiger partial charge is 0.0899 e. The molecule has 5 aromatic carbocycles. The standard InChI is InChI=1S/C50H34N4/c1-3-11-35(12-4-1)37-21-25-41(26-22-37)47-31-43(33-49(53-47)45-15-7-9-29-51-45)39-17-19-40(20-18-39)44-32-48(54-50(34-44)46-16-8-10-30-52-46)42-27-23-38(24-28-42)36-13-5-2-6-14-36/h1-34H. The maximum atomic E-state index is 5.09. The van der Waals surface area contributed by atoms with Gasteiger partial charge in [-0.15, -0.1) is 0 Å². The summed E-state index contributed by atoms with van der Waals surface area (Å²) < 4.78 is 0. The van der Waals surface area contributed by atoms with E-state index >= 15 is 0 Å². The molecule has 0 unspecified atom stereocenters. The number of pyridine rings is 4. The van der Waals surface area contributed by atoms with E-state index in [1.165, 1.54) is 22.3 Å². The Hall–Kier alpha value is -7.30. The first-order valence-corrected chi connectivity index (χ1v) is 18.0. The minimum absolute atomic E-state index is 0.830. The fourth-order valence-electron chi connectivity index (χ4n) is 6.76. The molecule has 0 bridgehead atoms. The fourth-order valence-corrected chi connectivity index (χ4v) is 6.76. The average molecular weight is 691 g/mol. The van der Waals surface area contributed by atoms with Crippen LogP contribution in [0.5, 0.6) is 0 Å². The molecule has 4 heteroatoms. The molecular formula is C50H34N4. The van der Waals surface area contributed by atoms with E-state index in [1.807, 2.05) is 60.9 Å². The highest BCUT2D eigenvalue weighted by Crippen LogP contribution is 2.34. The van der Waals surface area contributed by atoms with Gasteiger partial charge in [0.2, 0.25) is 0 Å². The molecule has 0 saturated carbocycles. The minimum Gasteiger partial charge on any atom is -0.255 e. The predicted molar refractivity (Wildman–Crippen MR) is 221 cm³/mol. The third-order valence-corrected chi connectivity index (χ3v) is 9.63. The summed E-state index contributed by atoms with van der Waals surface area (Å²) in [6.07, 6.45) is 3.62. The molecule has 4 aromatic heterocycles. The van der Waals surface area contributed by atoms with Crippen molar-refractivity contribution in [3.05, 3.63) is 207 Å². The predicted octanol–water partition coefficient (Wildman–Crippen LogP) is 12.6. The van der Waals surface area contributed by atoms with Crippen molar-refractivity contribution in [1.82, 2.24) is 19.9 Å². The minimum atomic E-state index is 0.830. The van der Waals surface area contributed by atoms with Crippen LogP contribution in [0.4, 0.5) is 0 Å². The Morgan fingerprint density at radius 2 is 0.500 bits per heavy atom. The molecule has 0 amide bonds.